The molecule has 0 spiro atoms. The lowest BCUT2D eigenvalue weighted by Crippen LogP contribution is -2.14. The summed E-state index contributed by atoms with van der Waals surface area (Å²) in [5.74, 6) is -0.104. The molecule has 0 radical (unpaired) electrons. The second kappa shape index (κ2) is 7.24. The van der Waals surface area contributed by atoms with Crippen LogP contribution >= 0.6 is 0 Å². The van der Waals surface area contributed by atoms with Crippen LogP contribution in [-0.4, -0.2) is 28.7 Å². The molecule has 0 unspecified atom stereocenters. The summed E-state index contributed by atoms with van der Waals surface area (Å²) in [4.78, 5) is 0.0230. The van der Waals surface area contributed by atoms with Gasteiger partial charge in [0, 0.05) is 7.11 Å². The van der Waals surface area contributed by atoms with Crippen molar-refractivity contribution in [1.29, 1.82) is 0 Å². The number of sulfonamides is 1. The van der Waals surface area contributed by atoms with Gasteiger partial charge in [0.05, 0.1) is 17.2 Å². The number of benzene rings is 2. The molecule has 2 aromatic carbocycles. The van der Waals surface area contributed by atoms with Gasteiger partial charge >= 0.3 is 0 Å². The third-order valence-electron chi connectivity index (χ3n) is 2.81. The molecule has 118 valence electrons. The number of para-hydroxylation sites is 1. The van der Waals surface area contributed by atoms with Crippen molar-refractivity contribution in [2.75, 3.05) is 25.0 Å². The Morgan fingerprint density at radius 3 is 2.36 bits per heavy atom. The maximum Gasteiger partial charge on any atom is 0.261 e. The van der Waals surface area contributed by atoms with Crippen LogP contribution in [0, 0.1) is 5.82 Å². The van der Waals surface area contributed by atoms with Gasteiger partial charge in [0.2, 0.25) is 0 Å². The van der Waals surface area contributed by atoms with Gasteiger partial charge in [-0.3, -0.25) is 4.72 Å². The molecule has 0 saturated heterocycles. The van der Waals surface area contributed by atoms with Gasteiger partial charge in [-0.15, -0.1) is 0 Å². The number of nitrogens with one attached hydrogen (secondary N) is 1. The molecule has 0 fully saturated rings. The summed E-state index contributed by atoms with van der Waals surface area (Å²) < 4.78 is 50.3. The highest BCUT2D eigenvalue weighted by Gasteiger charge is 2.16. The first-order valence-corrected chi connectivity index (χ1v) is 8.00. The van der Waals surface area contributed by atoms with Gasteiger partial charge in [-0.1, -0.05) is 12.1 Å². The number of anilines is 1. The molecule has 0 bridgehead atoms. The smallest absolute Gasteiger partial charge is 0.261 e. The number of halogens is 1. The summed E-state index contributed by atoms with van der Waals surface area (Å²) >= 11 is 0. The van der Waals surface area contributed by atoms with E-state index < -0.39 is 15.8 Å². The first-order valence-electron chi connectivity index (χ1n) is 6.52. The number of hydrogen-bond donors (Lipinski definition) is 1. The predicted molar refractivity (Wildman–Crippen MR) is 81.0 cm³/mol. The van der Waals surface area contributed by atoms with Crippen molar-refractivity contribution < 1.29 is 22.3 Å². The summed E-state index contributed by atoms with van der Waals surface area (Å²) in [5, 5.41) is 0. The first-order chi connectivity index (χ1) is 10.5. The van der Waals surface area contributed by atoms with E-state index in [1.165, 1.54) is 42.5 Å². The third-order valence-corrected chi connectivity index (χ3v) is 4.19. The topological polar surface area (TPSA) is 64.6 Å². The lowest BCUT2D eigenvalue weighted by Gasteiger charge is -2.10. The molecule has 0 aliphatic heterocycles. The first kappa shape index (κ1) is 16.3. The fourth-order valence-corrected chi connectivity index (χ4v) is 2.77. The molecule has 0 aliphatic carbocycles. The zero-order chi connectivity index (χ0) is 16.0. The largest absolute Gasteiger partial charge is 0.491 e. The second-order valence-electron chi connectivity index (χ2n) is 4.40. The minimum atomic E-state index is -3.85. The maximum absolute atomic E-state index is 13.5. The standard InChI is InChI=1S/C15H16FNO4S/c1-20-10-11-21-12-6-8-13(9-7-12)22(18,19)17-15-5-3-2-4-14(15)16/h2-9,17H,10-11H2,1H3. The van der Waals surface area contributed by atoms with E-state index in [-0.39, 0.29) is 10.6 Å². The summed E-state index contributed by atoms with van der Waals surface area (Å²) in [6.45, 7) is 0.810. The lowest BCUT2D eigenvalue weighted by molar-refractivity contribution is 0.146. The van der Waals surface area contributed by atoms with E-state index in [9.17, 15) is 12.8 Å². The highest BCUT2D eigenvalue weighted by Crippen LogP contribution is 2.20. The Kier molecular flexibility index (Phi) is 5.35. The van der Waals surface area contributed by atoms with Crippen molar-refractivity contribution in [1.82, 2.24) is 0 Å². The quantitative estimate of drug-likeness (QED) is 0.795. The molecule has 7 heteroatoms. The van der Waals surface area contributed by atoms with Crippen LogP contribution in [0.15, 0.2) is 53.4 Å². The van der Waals surface area contributed by atoms with Crippen LogP contribution in [0.1, 0.15) is 0 Å². The van der Waals surface area contributed by atoms with Crippen LogP contribution in [0.2, 0.25) is 0 Å². The van der Waals surface area contributed by atoms with Crippen LogP contribution in [0.25, 0.3) is 0 Å². The molecule has 0 aliphatic rings. The van der Waals surface area contributed by atoms with Crippen molar-refractivity contribution in [3.05, 3.63) is 54.3 Å². The molecule has 0 atom stereocenters. The SMILES string of the molecule is COCCOc1ccc(S(=O)(=O)Nc2ccccc2F)cc1. The molecule has 0 amide bonds. The van der Waals surface area contributed by atoms with Crippen molar-refractivity contribution in [2.45, 2.75) is 4.90 Å². The van der Waals surface area contributed by atoms with E-state index in [0.29, 0.717) is 19.0 Å². The van der Waals surface area contributed by atoms with Crippen LogP contribution in [0.5, 0.6) is 5.75 Å². The van der Waals surface area contributed by atoms with E-state index >= 15 is 0 Å². The van der Waals surface area contributed by atoms with E-state index in [0.717, 1.165) is 0 Å². The van der Waals surface area contributed by atoms with Gasteiger partial charge in [-0.2, -0.15) is 0 Å². The van der Waals surface area contributed by atoms with E-state index in [1.54, 1.807) is 13.2 Å². The summed E-state index contributed by atoms with van der Waals surface area (Å²) in [6, 6.07) is 11.4. The Hall–Kier alpha value is -2.12. The molecule has 0 heterocycles. The van der Waals surface area contributed by atoms with Gasteiger partial charge in [-0.25, -0.2) is 12.8 Å². The Morgan fingerprint density at radius 2 is 1.73 bits per heavy atom. The van der Waals surface area contributed by atoms with Crippen molar-refractivity contribution in [2.24, 2.45) is 0 Å². The summed E-state index contributed by atoms with van der Waals surface area (Å²) in [5.41, 5.74) is -0.0945. The van der Waals surface area contributed by atoms with E-state index in [1.807, 2.05) is 0 Å². The lowest BCUT2D eigenvalue weighted by atomic mass is 10.3. The molecule has 0 saturated carbocycles. The van der Waals surface area contributed by atoms with Crippen molar-refractivity contribution in [3.8, 4) is 5.75 Å². The van der Waals surface area contributed by atoms with E-state index in [2.05, 4.69) is 4.72 Å². The predicted octanol–water partition coefficient (Wildman–Crippen LogP) is 2.65. The van der Waals surface area contributed by atoms with Gasteiger partial charge in [0.15, 0.2) is 0 Å². The molecular formula is C15H16FNO4S. The fraction of sp³-hybridized carbons (Fsp3) is 0.200. The second-order valence-corrected chi connectivity index (χ2v) is 6.08. The molecule has 22 heavy (non-hydrogen) atoms. The molecule has 2 rings (SSSR count). The van der Waals surface area contributed by atoms with Crippen molar-refractivity contribution >= 4 is 15.7 Å². The Morgan fingerprint density at radius 1 is 1.05 bits per heavy atom. The molecule has 1 N–H and O–H groups in total. The van der Waals surface area contributed by atoms with E-state index in [4.69, 9.17) is 9.47 Å². The Balaban J connectivity index is 2.11. The van der Waals surface area contributed by atoms with Gasteiger partial charge < -0.3 is 9.47 Å². The summed E-state index contributed by atoms with van der Waals surface area (Å²) in [6.07, 6.45) is 0. The summed E-state index contributed by atoms with van der Waals surface area (Å²) in [7, 11) is -2.29. The zero-order valence-electron chi connectivity index (χ0n) is 12.0. The number of hydrogen-bond acceptors (Lipinski definition) is 4. The van der Waals surface area contributed by atoms with Crippen LogP contribution in [0.3, 0.4) is 0 Å². The monoisotopic (exact) mass is 325 g/mol. The highest BCUT2D eigenvalue weighted by molar-refractivity contribution is 7.92. The number of methoxy groups -OCH3 is 1. The van der Waals surface area contributed by atoms with Crippen LogP contribution in [-0.2, 0) is 14.8 Å². The number of ether oxygens (including phenoxy) is 2. The van der Waals surface area contributed by atoms with Gasteiger partial charge in [0.25, 0.3) is 10.0 Å². The minimum absolute atomic E-state index is 0.0230. The highest BCUT2D eigenvalue weighted by atomic mass is 32.2. The minimum Gasteiger partial charge on any atom is -0.491 e. The molecular weight excluding hydrogens is 309 g/mol. The normalized spacial score (nSPS) is 11.2. The molecule has 2 aromatic rings. The van der Waals surface area contributed by atoms with Gasteiger partial charge in [0.1, 0.15) is 18.2 Å². The molecule has 5 nitrogen and oxygen atoms in total. The van der Waals surface area contributed by atoms with Crippen LogP contribution < -0.4 is 9.46 Å². The fourth-order valence-electron chi connectivity index (χ4n) is 1.71. The Labute approximate surface area is 128 Å². The average molecular weight is 325 g/mol. The Bertz CT molecular complexity index is 717. The van der Waals surface area contributed by atoms with Crippen LogP contribution in [0.4, 0.5) is 10.1 Å². The third kappa shape index (κ3) is 4.19. The maximum atomic E-state index is 13.5. The van der Waals surface area contributed by atoms with Gasteiger partial charge in [-0.05, 0) is 36.4 Å². The molecule has 0 aromatic heterocycles. The average Bonchev–Trinajstić information content (AvgIpc) is 2.50. The number of rotatable bonds is 7. The van der Waals surface area contributed by atoms with Crippen molar-refractivity contribution in [3.63, 3.8) is 0 Å². The zero-order valence-corrected chi connectivity index (χ0v) is 12.8.